The van der Waals surface area contributed by atoms with Crippen LogP contribution in [-0.4, -0.2) is 18.5 Å². The van der Waals surface area contributed by atoms with Gasteiger partial charge in [0.2, 0.25) is 0 Å². The Labute approximate surface area is 174 Å². The molecule has 29 heavy (non-hydrogen) atoms. The van der Waals surface area contributed by atoms with Gasteiger partial charge in [-0.1, -0.05) is 58.4 Å². The van der Waals surface area contributed by atoms with E-state index in [9.17, 15) is 9.59 Å². The zero-order chi connectivity index (χ0) is 21.6. The molecule has 0 radical (unpaired) electrons. The first-order valence-corrected chi connectivity index (χ1v) is 10.3. The Morgan fingerprint density at radius 3 is 2.21 bits per heavy atom. The average molecular weight is 397 g/mol. The molecule has 0 atom stereocenters. The maximum Gasteiger partial charge on any atom is 0.343 e. The summed E-state index contributed by atoms with van der Waals surface area (Å²) in [7, 11) is 0. The minimum Gasteiger partial charge on any atom is -0.466 e. The summed E-state index contributed by atoms with van der Waals surface area (Å²) < 4.78 is 10.9. The van der Waals surface area contributed by atoms with Crippen LogP contribution in [0.3, 0.4) is 0 Å². The Morgan fingerprint density at radius 1 is 1.00 bits per heavy atom. The van der Waals surface area contributed by atoms with Crippen molar-refractivity contribution in [2.45, 2.75) is 66.2 Å². The van der Waals surface area contributed by atoms with Crippen molar-refractivity contribution in [1.82, 2.24) is 0 Å². The van der Waals surface area contributed by atoms with Gasteiger partial charge in [-0.15, -0.1) is 0 Å². The minimum absolute atomic E-state index is 0.0661. The van der Waals surface area contributed by atoms with E-state index in [0.29, 0.717) is 23.5 Å². The summed E-state index contributed by atoms with van der Waals surface area (Å²) in [6, 6.07) is 11.4. The van der Waals surface area contributed by atoms with Crippen molar-refractivity contribution < 1.29 is 19.1 Å². The van der Waals surface area contributed by atoms with Crippen molar-refractivity contribution in [1.29, 1.82) is 0 Å². The monoisotopic (exact) mass is 396 g/mol. The van der Waals surface area contributed by atoms with Gasteiger partial charge >= 0.3 is 11.9 Å². The molecule has 0 aromatic heterocycles. The summed E-state index contributed by atoms with van der Waals surface area (Å²) in [5.41, 5.74) is 4.17. The predicted octanol–water partition coefficient (Wildman–Crippen LogP) is 5.57. The third-order valence-corrected chi connectivity index (χ3v) is 4.78. The van der Waals surface area contributed by atoms with E-state index in [1.807, 2.05) is 31.2 Å². The molecule has 0 saturated carbocycles. The van der Waals surface area contributed by atoms with Crippen LogP contribution in [0, 0.1) is 6.92 Å². The van der Waals surface area contributed by atoms with Crippen LogP contribution < -0.4 is 4.74 Å². The Kier molecular flexibility index (Phi) is 7.60. The number of benzene rings is 2. The number of rotatable bonds is 7. The molecular formula is C25H32O4. The zero-order valence-corrected chi connectivity index (χ0v) is 18.4. The molecule has 2 rings (SSSR count). The van der Waals surface area contributed by atoms with Crippen LogP contribution in [0.15, 0.2) is 36.4 Å². The lowest BCUT2D eigenvalue weighted by Gasteiger charge is -2.23. The quantitative estimate of drug-likeness (QED) is 0.453. The third-order valence-electron chi connectivity index (χ3n) is 4.78. The van der Waals surface area contributed by atoms with Crippen LogP contribution >= 0.6 is 0 Å². The molecule has 0 aliphatic carbocycles. The molecule has 4 heteroatoms. The molecule has 0 aliphatic rings. The summed E-state index contributed by atoms with van der Waals surface area (Å²) in [6.07, 6.45) is 2.10. The van der Waals surface area contributed by atoms with Gasteiger partial charge in [-0.05, 0) is 54.5 Å². The van der Waals surface area contributed by atoms with Crippen LogP contribution in [0.4, 0.5) is 0 Å². The number of hydrogen-bond acceptors (Lipinski definition) is 4. The molecule has 156 valence electrons. The third kappa shape index (κ3) is 6.18. The van der Waals surface area contributed by atoms with E-state index in [4.69, 9.17) is 9.47 Å². The fourth-order valence-electron chi connectivity index (χ4n) is 3.17. The number of carbonyl (C=O) groups is 2. The molecule has 0 N–H and O–H groups in total. The molecule has 0 aliphatic heterocycles. The number of ether oxygens (including phenoxy) is 2. The zero-order valence-electron chi connectivity index (χ0n) is 18.4. The highest BCUT2D eigenvalue weighted by atomic mass is 16.5. The van der Waals surface area contributed by atoms with E-state index in [0.717, 1.165) is 24.0 Å². The van der Waals surface area contributed by atoms with Gasteiger partial charge in [-0.2, -0.15) is 0 Å². The molecule has 0 amide bonds. The van der Waals surface area contributed by atoms with E-state index >= 15 is 0 Å². The van der Waals surface area contributed by atoms with Crippen LogP contribution in [0.5, 0.6) is 5.75 Å². The molecule has 0 heterocycles. The van der Waals surface area contributed by atoms with Crippen molar-refractivity contribution in [3.63, 3.8) is 0 Å². The number of carbonyl (C=O) groups excluding carboxylic acids is 2. The molecule has 4 nitrogen and oxygen atoms in total. The van der Waals surface area contributed by atoms with E-state index < -0.39 is 5.97 Å². The summed E-state index contributed by atoms with van der Waals surface area (Å²) in [4.78, 5) is 24.9. The van der Waals surface area contributed by atoms with Crippen LogP contribution in [-0.2, 0) is 27.8 Å². The van der Waals surface area contributed by atoms with Crippen molar-refractivity contribution in [3.8, 4) is 5.75 Å². The topological polar surface area (TPSA) is 52.6 Å². The minimum atomic E-state index is -0.426. The van der Waals surface area contributed by atoms with E-state index in [-0.39, 0.29) is 17.8 Å². The first kappa shape index (κ1) is 22.7. The van der Waals surface area contributed by atoms with Crippen molar-refractivity contribution in [2.75, 3.05) is 6.61 Å². The van der Waals surface area contributed by atoms with Gasteiger partial charge in [0.15, 0.2) is 0 Å². The first-order valence-electron chi connectivity index (χ1n) is 10.3. The van der Waals surface area contributed by atoms with Gasteiger partial charge in [0.05, 0.1) is 18.6 Å². The fourth-order valence-corrected chi connectivity index (χ4v) is 3.17. The molecule has 0 saturated heterocycles. The van der Waals surface area contributed by atoms with E-state index in [2.05, 4.69) is 27.7 Å². The van der Waals surface area contributed by atoms with Crippen LogP contribution in [0.2, 0.25) is 0 Å². The number of esters is 2. The lowest BCUT2D eigenvalue weighted by atomic mass is 9.84. The number of hydrogen-bond donors (Lipinski definition) is 0. The lowest BCUT2D eigenvalue weighted by molar-refractivity contribution is -0.142. The van der Waals surface area contributed by atoms with Gasteiger partial charge in [0.25, 0.3) is 0 Å². The van der Waals surface area contributed by atoms with Gasteiger partial charge in [-0.25, -0.2) is 4.79 Å². The summed E-state index contributed by atoms with van der Waals surface area (Å²) in [6.45, 7) is 12.4. The van der Waals surface area contributed by atoms with Gasteiger partial charge in [0, 0.05) is 5.56 Å². The highest BCUT2D eigenvalue weighted by Gasteiger charge is 2.22. The van der Waals surface area contributed by atoms with E-state index in [1.54, 1.807) is 19.1 Å². The van der Waals surface area contributed by atoms with E-state index in [1.165, 1.54) is 5.56 Å². The second-order valence-corrected chi connectivity index (χ2v) is 8.35. The highest BCUT2D eigenvalue weighted by Crippen LogP contribution is 2.32. The maximum absolute atomic E-state index is 12.7. The van der Waals surface area contributed by atoms with Crippen molar-refractivity contribution >= 4 is 11.9 Å². The SMILES string of the molecule is CCCc1ccc(C(=O)Oc2c(C)cc(C(C)(C)C)cc2CC(=O)OCC)cc1. The summed E-state index contributed by atoms with van der Waals surface area (Å²) >= 11 is 0. The normalized spacial score (nSPS) is 11.2. The Balaban J connectivity index is 2.36. The van der Waals surface area contributed by atoms with Crippen LogP contribution in [0.1, 0.15) is 73.7 Å². The smallest absolute Gasteiger partial charge is 0.343 e. The largest absolute Gasteiger partial charge is 0.466 e. The lowest BCUT2D eigenvalue weighted by Crippen LogP contribution is -2.17. The first-order chi connectivity index (χ1) is 13.7. The molecule has 2 aromatic rings. The van der Waals surface area contributed by atoms with Gasteiger partial charge < -0.3 is 9.47 Å². The standard InChI is InChI=1S/C25H32O4/c1-7-9-18-10-12-19(13-11-18)24(27)29-23-17(3)14-21(25(4,5)6)15-20(23)16-22(26)28-8-2/h10-15H,7-9,16H2,1-6H3. The second-order valence-electron chi connectivity index (χ2n) is 8.35. The fraction of sp³-hybridized carbons (Fsp3) is 0.440. The predicted molar refractivity (Wildman–Crippen MR) is 116 cm³/mol. The van der Waals surface area contributed by atoms with Crippen molar-refractivity contribution in [2.24, 2.45) is 0 Å². The maximum atomic E-state index is 12.7. The highest BCUT2D eigenvalue weighted by molar-refractivity contribution is 5.91. The molecule has 0 fully saturated rings. The summed E-state index contributed by atoms with van der Waals surface area (Å²) in [5.74, 6) is -0.322. The average Bonchev–Trinajstić information content (AvgIpc) is 2.64. The molecular weight excluding hydrogens is 364 g/mol. The molecule has 0 unspecified atom stereocenters. The Morgan fingerprint density at radius 2 is 1.66 bits per heavy atom. The number of aryl methyl sites for hydroxylation is 2. The molecule has 0 spiro atoms. The Hall–Kier alpha value is -2.62. The van der Waals surface area contributed by atoms with Crippen molar-refractivity contribution in [3.05, 3.63) is 64.2 Å². The summed E-state index contributed by atoms with van der Waals surface area (Å²) in [5, 5.41) is 0. The van der Waals surface area contributed by atoms with Crippen LogP contribution in [0.25, 0.3) is 0 Å². The molecule has 0 bridgehead atoms. The van der Waals surface area contributed by atoms with Gasteiger partial charge in [0.1, 0.15) is 5.75 Å². The second kappa shape index (κ2) is 9.73. The van der Waals surface area contributed by atoms with Gasteiger partial charge in [-0.3, -0.25) is 4.79 Å². The molecule has 2 aromatic carbocycles. The Bertz CT molecular complexity index is 858.